The zero-order valence-corrected chi connectivity index (χ0v) is 16.8. The van der Waals surface area contributed by atoms with E-state index in [4.69, 9.17) is 20.2 Å². The molecule has 1 fully saturated rings. The lowest BCUT2D eigenvalue weighted by Crippen LogP contribution is -2.67. The van der Waals surface area contributed by atoms with Crippen molar-refractivity contribution in [2.24, 2.45) is 10.7 Å². The summed E-state index contributed by atoms with van der Waals surface area (Å²) in [6.45, 7) is 2.41. The maximum Gasteiger partial charge on any atom is 0.265 e. The van der Waals surface area contributed by atoms with Gasteiger partial charge in [-0.1, -0.05) is 6.07 Å². The second kappa shape index (κ2) is 6.28. The number of aliphatic imine (C=N–C) groups is 1. The van der Waals surface area contributed by atoms with Crippen molar-refractivity contribution in [3.8, 4) is 22.9 Å². The Labute approximate surface area is 173 Å². The van der Waals surface area contributed by atoms with E-state index in [0.29, 0.717) is 23.5 Å². The van der Waals surface area contributed by atoms with E-state index < -0.39 is 11.1 Å². The van der Waals surface area contributed by atoms with Crippen LogP contribution in [-0.4, -0.2) is 47.1 Å². The van der Waals surface area contributed by atoms with Gasteiger partial charge in [0.2, 0.25) is 5.54 Å². The minimum atomic E-state index is -1.33. The summed E-state index contributed by atoms with van der Waals surface area (Å²) in [4.78, 5) is 23.8. The van der Waals surface area contributed by atoms with Crippen LogP contribution < -0.4 is 10.5 Å². The third kappa shape index (κ3) is 2.27. The number of hydrogen-bond acceptors (Lipinski definition) is 7. The van der Waals surface area contributed by atoms with E-state index in [1.807, 2.05) is 25.1 Å². The summed E-state index contributed by atoms with van der Waals surface area (Å²) >= 11 is 0. The van der Waals surface area contributed by atoms with Crippen molar-refractivity contribution in [2.45, 2.75) is 37.0 Å². The molecule has 8 nitrogen and oxygen atoms in total. The summed E-state index contributed by atoms with van der Waals surface area (Å²) in [5, 5.41) is 9.22. The molecular weight excluding hydrogens is 382 g/mol. The van der Waals surface area contributed by atoms with Gasteiger partial charge in [0.1, 0.15) is 23.5 Å². The molecule has 3 aliphatic rings. The largest absolute Gasteiger partial charge is 0.487 e. The number of benzene rings is 1. The van der Waals surface area contributed by atoms with Crippen LogP contribution in [0.1, 0.15) is 30.9 Å². The number of rotatable bonds is 1. The average molecular weight is 403 g/mol. The third-order valence-electron chi connectivity index (χ3n) is 6.42. The Hall–Kier alpha value is -3.44. The Bertz CT molecular complexity index is 1140. The van der Waals surface area contributed by atoms with E-state index in [2.05, 4.69) is 11.1 Å². The molecule has 1 aromatic heterocycles. The molecule has 1 saturated heterocycles. The van der Waals surface area contributed by atoms with Gasteiger partial charge >= 0.3 is 0 Å². The standard InChI is InChI=1S/C22H21N5O3/c1-21-18(4-3-7-29-21)30-17-6-5-14(15-8-13(10-23)11-25-12-15)9-16(17)22(21)19(28)27(2)20(24)26-22/h5-6,8-9,11-12,18H,3-4,7H2,1-2H3,(H2,24,26). The van der Waals surface area contributed by atoms with Crippen LogP contribution in [0.3, 0.4) is 0 Å². The SMILES string of the molecule is CN1C(=O)C2(N=C1N)c1cc(-c3cncc(C#N)c3)ccc1OC1CCCOC12C. The first kappa shape index (κ1) is 18.6. The van der Waals surface area contributed by atoms with Crippen LogP contribution in [0.5, 0.6) is 5.75 Å². The lowest BCUT2D eigenvalue weighted by Gasteiger charge is -2.52. The molecule has 3 unspecified atom stereocenters. The predicted octanol–water partition coefficient (Wildman–Crippen LogP) is 1.93. The quantitative estimate of drug-likeness (QED) is 0.778. The molecule has 4 heterocycles. The minimum absolute atomic E-state index is 0.153. The number of aromatic nitrogens is 1. The Kier molecular flexibility index (Phi) is 3.89. The Balaban J connectivity index is 1.76. The van der Waals surface area contributed by atoms with Crippen molar-refractivity contribution in [1.29, 1.82) is 5.26 Å². The molecule has 5 rings (SSSR count). The van der Waals surface area contributed by atoms with Gasteiger partial charge in [-0.25, -0.2) is 4.99 Å². The Morgan fingerprint density at radius 3 is 2.87 bits per heavy atom. The van der Waals surface area contributed by atoms with Crippen LogP contribution in [0.4, 0.5) is 0 Å². The first-order valence-corrected chi connectivity index (χ1v) is 9.85. The summed E-state index contributed by atoms with van der Waals surface area (Å²) in [5.74, 6) is 0.511. The molecule has 1 amide bonds. The van der Waals surface area contributed by atoms with Crippen molar-refractivity contribution >= 4 is 11.9 Å². The first-order valence-electron chi connectivity index (χ1n) is 9.85. The number of nitrogens with zero attached hydrogens (tertiary/aromatic N) is 4. The van der Waals surface area contributed by atoms with Gasteiger partial charge in [-0.15, -0.1) is 0 Å². The van der Waals surface area contributed by atoms with E-state index in [1.165, 1.54) is 11.1 Å². The molecule has 0 saturated carbocycles. The van der Waals surface area contributed by atoms with Crippen molar-refractivity contribution in [3.63, 3.8) is 0 Å². The van der Waals surface area contributed by atoms with E-state index in [0.717, 1.165) is 24.0 Å². The van der Waals surface area contributed by atoms with Gasteiger partial charge in [-0.3, -0.25) is 14.7 Å². The molecule has 0 bridgehead atoms. The molecule has 0 aliphatic carbocycles. The van der Waals surface area contributed by atoms with Crippen molar-refractivity contribution in [3.05, 3.63) is 47.8 Å². The zero-order valence-electron chi connectivity index (χ0n) is 16.8. The number of ether oxygens (including phenoxy) is 2. The van der Waals surface area contributed by atoms with Crippen molar-refractivity contribution in [2.75, 3.05) is 13.7 Å². The summed E-state index contributed by atoms with van der Waals surface area (Å²) in [6, 6.07) is 9.48. The number of likely N-dealkylation sites (N-methyl/N-ethyl adjacent to an activating group) is 1. The Morgan fingerprint density at radius 1 is 1.30 bits per heavy atom. The lowest BCUT2D eigenvalue weighted by atomic mass is 9.68. The molecule has 152 valence electrons. The fraction of sp³-hybridized carbons (Fsp3) is 0.364. The van der Waals surface area contributed by atoms with E-state index >= 15 is 0 Å². The number of fused-ring (bicyclic) bond motifs is 4. The number of nitrogens with two attached hydrogens (primary N) is 1. The molecular formula is C22H21N5O3. The van der Waals surface area contributed by atoms with Gasteiger partial charge in [0.15, 0.2) is 5.96 Å². The highest BCUT2D eigenvalue weighted by Crippen LogP contribution is 2.55. The van der Waals surface area contributed by atoms with Crippen LogP contribution in [0.25, 0.3) is 11.1 Å². The van der Waals surface area contributed by atoms with Crippen LogP contribution in [0.15, 0.2) is 41.7 Å². The highest BCUT2D eigenvalue weighted by atomic mass is 16.6. The summed E-state index contributed by atoms with van der Waals surface area (Å²) in [6.07, 6.45) is 4.48. The summed E-state index contributed by atoms with van der Waals surface area (Å²) in [7, 11) is 1.62. The van der Waals surface area contributed by atoms with Gasteiger partial charge in [0.25, 0.3) is 5.91 Å². The number of guanidine groups is 1. The fourth-order valence-corrected chi connectivity index (χ4v) is 4.74. The number of carbonyl (C=O) groups is 1. The molecule has 2 N–H and O–H groups in total. The topological polar surface area (TPSA) is 114 Å². The van der Waals surface area contributed by atoms with Crippen LogP contribution in [0, 0.1) is 11.3 Å². The maximum atomic E-state index is 13.6. The summed E-state index contributed by atoms with van der Waals surface area (Å²) < 4.78 is 12.5. The van der Waals surface area contributed by atoms with E-state index in [9.17, 15) is 10.1 Å². The highest BCUT2D eigenvalue weighted by molar-refractivity contribution is 6.08. The van der Waals surface area contributed by atoms with Gasteiger partial charge in [-0.2, -0.15) is 5.26 Å². The molecule has 1 spiro atoms. The monoisotopic (exact) mass is 403 g/mol. The second-order valence-corrected chi connectivity index (χ2v) is 8.03. The number of pyridine rings is 1. The van der Waals surface area contributed by atoms with Gasteiger partial charge in [-0.05, 0) is 43.5 Å². The number of hydrogen-bond donors (Lipinski definition) is 1. The maximum absolute atomic E-state index is 13.6. The fourth-order valence-electron chi connectivity index (χ4n) is 4.74. The molecule has 8 heteroatoms. The van der Waals surface area contributed by atoms with E-state index in [-0.39, 0.29) is 18.0 Å². The van der Waals surface area contributed by atoms with Crippen LogP contribution in [-0.2, 0) is 15.1 Å². The zero-order chi connectivity index (χ0) is 21.1. The van der Waals surface area contributed by atoms with Crippen molar-refractivity contribution in [1.82, 2.24) is 9.88 Å². The average Bonchev–Trinajstić information content (AvgIpc) is 3.00. The number of carbonyl (C=O) groups excluding carboxylic acids is 1. The molecule has 1 aromatic carbocycles. The first-order chi connectivity index (χ1) is 14.4. The third-order valence-corrected chi connectivity index (χ3v) is 6.42. The minimum Gasteiger partial charge on any atom is -0.487 e. The predicted molar refractivity (Wildman–Crippen MR) is 108 cm³/mol. The summed E-state index contributed by atoms with van der Waals surface area (Å²) in [5.41, 5.74) is 6.42. The van der Waals surface area contributed by atoms with Gasteiger partial charge in [0.05, 0.1) is 5.56 Å². The normalized spacial score (nSPS) is 29.6. The van der Waals surface area contributed by atoms with Crippen LogP contribution >= 0.6 is 0 Å². The Morgan fingerprint density at radius 2 is 2.13 bits per heavy atom. The molecule has 2 aromatic rings. The lowest BCUT2D eigenvalue weighted by molar-refractivity contribution is -0.191. The van der Waals surface area contributed by atoms with Gasteiger partial charge < -0.3 is 15.2 Å². The van der Waals surface area contributed by atoms with Gasteiger partial charge in [0, 0.05) is 37.2 Å². The smallest absolute Gasteiger partial charge is 0.265 e. The number of nitriles is 1. The molecule has 30 heavy (non-hydrogen) atoms. The second-order valence-electron chi connectivity index (χ2n) is 8.03. The molecule has 0 radical (unpaired) electrons. The van der Waals surface area contributed by atoms with Crippen molar-refractivity contribution < 1.29 is 14.3 Å². The molecule has 3 atom stereocenters. The molecule has 3 aliphatic heterocycles. The number of amides is 1. The van der Waals surface area contributed by atoms with Crippen LogP contribution in [0.2, 0.25) is 0 Å². The van der Waals surface area contributed by atoms with E-state index in [1.54, 1.807) is 19.3 Å². The highest BCUT2D eigenvalue weighted by Gasteiger charge is 2.68.